The third-order valence-corrected chi connectivity index (χ3v) is 5.05. The normalized spacial score (nSPS) is 39.2. The van der Waals surface area contributed by atoms with E-state index in [0.29, 0.717) is 6.54 Å². The average Bonchev–Trinajstić information content (AvgIpc) is 2.84. The second-order valence-corrected chi connectivity index (χ2v) is 6.56. The number of carbonyl (C=O) groups excluding carboxylic acids is 1. The first-order valence-corrected chi connectivity index (χ1v) is 7.78. The molecule has 19 heavy (non-hydrogen) atoms. The van der Waals surface area contributed by atoms with Crippen molar-refractivity contribution in [1.82, 2.24) is 5.32 Å². The molecule has 2 unspecified atom stereocenters. The van der Waals surface area contributed by atoms with Crippen LogP contribution in [0.2, 0.25) is 0 Å². The molecule has 0 heterocycles. The van der Waals surface area contributed by atoms with Gasteiger partial charge in [0, 0.05) is 18.5 Å². The van der Waals surface area contributed by atoms with Crippen molar-refractivity contribution in [2.24, 2.45) is 17.6 Å². The summed E-state index contributed by atoms with van der Waals surface area (Å²) in [5.74, 6) is 0.897. The van der Waals surface area contributed by atoms with E-state index >= 15 is 0 Å². The van der Waals surface area contributed by atoms with Crippen LogP contribution < -0.4 is 11.1 Å². The molecule has 110 valence electrons. The predicted molar refractivity (Wildman–Crippen MR) is 75.5 cm³/mol. The highest BCUT2D eigenvalue weighted by atomic mass is 16.3. The van der Waals surface area contributed by atoms with Crippen LogP contribution in [0.1, 0.15) is 58.3 Å². The van der Waals surface area contributed by atoms with Crippen molar-refractivity contribution in [3.8, 4) is 0 Å². The number of rotatable bonds is 4. The summed E-state index contributed by atoms with van der Waals surface area (Å²) < 4.78 is 0. The molecule has 4 N–H and O–H groups in total. The van der Waals surface area contributed by atoms with E-state index in [1.807, 2.05) is 0 Å². The lowest BCUT2D eigenvalue weighted by Gasteiger charge is -2.36. The molecular weight excluding hydrogens is 240 g/mol. The SMILES string of the molecule is CCC1CCC(O)(CNC(=O)C2CCC(N)C2)CC1. The summed E-state index contributed by atoms with van der Waals surface area (Å²) in [5.41, 5.74) is 5.15. The van der Waals surface area contributed by atoms with Crippen molar-refractivity contribution >= 4 is 5.91 Å². The van der Waals surface area contributed by atoms with Crippen molar-refractivity contribution in [3.63, 3.8) is 0 Å². The first-order valence-electron chi connectivity index (χ1n) is 7.78. The second-order valence-electron chi connectivity index (χ2n) is 6.56. The molecule has 2 rings (SSSR count). The molecule has 0 aromatic carbocycles. The maximum Gasteiger partial charge on any atom is 0.223 e. The van der Waals surface area contributed by atoms with Gasteiger partial charge in [-0.25, -0.2) is 0 Å². The minimum absolute atomic E-state index is 0.0607. The highest BCUT2D eigenvalue weighted by Gasteiger charge is 2.34. The standard InChI is InChI=1S/C15H28N2O2/c1-2-11-5-7-15(19,8-6-11)10-17-14(18)12-3-4-13(16)9-12/h11-13,19H,2-10,16H2,1H3,(H,17,18). The Balaban J connectivity index is 1.74. The van der Waals surface area contributed by atoms with Crippen LogP contribution in [-0.4, -0.2) is 29.2 Å². The van der Waals surface area contributed by atoms with Crippen LogP contribution in [0, 0.1) is 11.8 Å². The van der Waals surface area contributed by atoms with Crippen LogP contribution in [0.5, 0.6) is 0 Å². The van der Waals surface area contributed by atoms with Gasteiger partial charge in [0.2, 0.25) is 5.91 Å². The van der Waals surface area contributed by atoms with E-state index in [2.05, 4.69) is 12.2 Å². The molecule has 2 saturated carbocycles. The molecule has 2 aliphatic carbocycles. The van der Waals surface area contributed by atoms with Crippen LogP contribution in [-0.2, 0) is 4.79 Å². The van der Waals surface area contributed by atoms with Crippen molar-refractivity contribution in [2.75, 3.05) is 6.54 Å². The monoisotopic (exact) mass is 268 g/mol. The molecule has 2 aliphatic rings. The molecule has 0 bridgehead atoms. The van der Waals surface area contributed by atoms with Crippen LogP contribution in [0.4, 0.5) is 0 Å². The van der Waals surface area contributed by atoms with Gasteiger partial charge in [-0.3, -0.25) is 4.79 Å². The summed E-state index contributed by atoms with van der Waals surface area (Å²) in [7, 11) is 0. The van der Waals surface area contributed by atoms with Gasteiger partial charge in [0.1, 0.15) is 0 Å². The maximum atomic E-state index is 12.0. The number of hydrogen-bond acceptors (Lipinski definition) is 3. The number of aliphatic hydroxyl groups is 1. The molecule has 1 amide bonds. The van der Waals surface area contributed by atoms with Crippen molar-refractivity contribution in [3.05, 3.63) is 0 Å². The third-order valence-electron chi connectivity index (χ3n) is 5.05. The molecule has 4 nitrogen and oxygen atoms in total. The molecule has 4 heteroatoms. The van der Waals surface area contributed by atoms with Gasteiger partial charge >= 0.3 is 0 Å². The van der Waals surface area contributed by atoms with Crippen LogP contribution >= 0.6 is 0 Å². The minimum Gasteiger partial charge on any atom is -0.388 e. The number of nitrogens with one attached hydrogen (secondary N) is 1. The van der Waals surface area contributed by atoms with Gasteiger partial charge in [-0.15, -0.1) is 0 Å². The van der Waals surface area contributed by atoms with Gasteiger partial charge in [0.15, 0.2) is 0 Å². The van der Waals surface area contributed by atoms with E-state index < -0.39 is 5.60 Å². The fraction of sp³-hybridized carbons (Fsp3) is 0.933. The Labute approximate surface area is 116 Å². The van der Waals surface area contributed by atoms with Crippen LogP contribution in [0.15, 0.2) is 0 Å². The van der Waals surface area contributed by atoms with Crippen molar-refractivity contribution in [1.29, 1.82) is 0 Å². The van der Waals surface area contributed by atoms with Gasteiger partial charge in [0.25, 0.3) is 0 Å². The Hall–Kier alpha value is -0.610. The zero-order chi connectivity index (χ0) is 13.9. The molecule has 0 spiro atoms. The van der Waals surface area contributed by atoms with Gasteiger partial charge < -0.3 is 16.2 Å². The summed E-state index contributed by atoms with van der Waals surface area (Å²) in [6, 6.07) is 0.179. The Morgan fingerprint density at radius 1 is 1.32 bits per heavy atom. The highest BCUT2D eigenvalue weighted by Crippen LogP contribution is 2.33. The van der Waals surface area contributed by atoms with Gasteiger partial charge in [-0.1, -0.05) is 13.3 Å². The van der Waals surface area contributed by atoms with Crippen molar-refractivity contribution < 1.29 is 9.90 Å². The molecule has 0 aromatic heterocycles. The Bertz CT molecular complexity index is 311. The maximum absolute atomic E-state index is 12.0. The van der Waals surface area contributed by atoms with E-state index in [4.69, 9.17) is 5.73 Å². The van der Waals surface area contributed by atoms with Gasteiger partial charge in [0.05, 0.1) is 5.60 Å². The lowest BCUT2D eigenvalue weighted by molar-refractivity contribution is -0.126. The largest absolute Gasteiger partial charge is 0.388 e. The molecule has 0 saturated heterocycles. The number of amides is 1. The summed E-state index contributed by atoms with van der Waals surface area (Å²) in [4.78, 5) is 12.0. The van der Waals surface area contributed by atoms with E-state index in [1.165, 1.54) is 6.42 Å². The minimum atomic E-state index is -0.679. The lowest BCUT2D eigenvalue weighted by atomic mass is 9.78. The predicted octanol–water partition coefficient (Wildman–Crippen LogP) is 1.56. The fourth-order valence-electron chi connectivity index (χ4n) is 3.45. The number of hydrogen-bond donors (Lipinski definition) is 3. The fourth-order valence-corrected chi connectivity index (χ4v) is 3.45. The zero-order valence-corrected chi connectivity index (χ0v) is 12.0. The molecule has 2 atom stereocenters. The van der Waals surface area contributed by atoms with E-state index in [-0.39, 0.29) is 17.9 Å². The van der Waals surface area contributed by atoms with Gasteiger partial charge in [-0.05, 0) is 50.9 Å². The summed E-state index contributed by atoms with van der Waals surface area (Å²) in [6.07, 6.45) is 7.62. The molecule has 0 radical (unpaired) electrons. The smallest absolute Gasteiger partial charge is 0.223 e. The van der Waals surface area contributed by atoms with Crippen LogP contribution in [0.25, 0.3) is 0 Å². The second kappa shape index (κ2) is 6.23. The number of nitrogens with two attached hydrogens (primary N) is 1. The van der Waals surface area contributed by atoms with Crippen molar-refractivity contribution in [2.45, 2.75) is 69.9 Å². The van der Waals surface area contributed by atoms with Gasteiger partial charge in [-0.2, -0.15) is 0 Å². The first-order chi connectivity index (χ1) is 9.02. The molecular formula is C15H28N2O2. The van der Waals surface area contributed by atoms with E-state index in [1.54, 1.807) is 0 Å². The third kappa shape index (κ3) is 3.93. The Morgan fingerprint density at radius 3 is 2.53 bits per heavy atom. The topological polar surface area (TPSA) is 75.3 Å². The zero-order valence-electron chi connectivity index (χ0n) is 12.0. The lowest BCUT2D eigenvalue weighted by Crippen LogP contribution is -2.46. The number of carbonyl (C=O) groups is 1. The highest BCUT2D eigenvalue weighted by molar-refractivity contribution is 5.79. The summed E-state index contributed by atoms with van der Waals surface area (Å²) in [6.45, 7) is 2.62. The summed E-state index contributed by atoms with van der Waals surface area (Å²) in [5, 5.41) is 13.4. The molecule has 0 aliphatic heterocycles. The molecule has 0 aromatic rings. The quantitative estimate of drug-likeness (QED) is 0.724. The van der Waals surface area contributed by atoms with Crippen LogP contribution in [0.3, 0.4) is 0 Å². The van der Waals surface area contributed by atoms with E-state index in [9.17, 15) is 9.90 Å². The average molecular weight is 268 g/mol. The summed E-state index contributed by atoms with van der Waals surface area (Å²) >= 11 is 0. The van der Waals surface area contributed by atoms with E-state index in [0.717, 1.165) is 50.9 Å². The Kier molecular flexibility index (Phi) is 4.85. The molecule has 2 fully saturated rings. The Morgan fingerprint density at radius 2 is 2.00 bits per heavy atom. The first kappa shape index (κ1) is 14.8.